The maximum Gasteiger partial charge on any atom is 0.264 e. The van der Waals surface area contributed by atoms with Crippen molar-refractivity contribution in [3.05, 3.63) is 70.6 Å². The van der Waals surface area contributed by atoms with E-state index in [9.17, 15) is 4.79 Å². The summed E-state index contributed by atoms with van der Waals surface area (Å²) in [5, 5.41) is 3.62. The van der Waals surface area contributed by atoms with E-state index in [1.165, 1.54) is 24.6 Å². The average molecular weight is 378 g/mol. The number of amides is 1. The molecule has 0 aromatic heterocycles. The van der Waals surface area contributed by atoms with Crippen LogP contribution in [0, 0.1) is 0 Å². The van der Waals surface area contributed by atoms with Gasteiger partial charge in [-0.1, -0.05) is 55.3 Å². The standard InChI is InChI=1S/C22H22N2O2S/c25-21-20(27-22(24-21)23-18-8-4-5-9-18)14-16-10-12-19(13-11-16)26-15-17-6-2-1-3-7-17/h1-3,6-7,10-14,18H,4-5,8-9,15H2,(H,23,24,25)/b20-14-. The first kappa shape index (κ1) is 17.9. The number of amidine groups is 1. The van der Waals surface area contributed by atoms with Gasteiger partial charge in [0.25, 0.3) is 5.91 Å². The predicted molar refractivity (Wildman–Crippen MR) is 111 cm³/mol. The second-order valence-electron chi connectivity index (χ2n) is 6.78. The molecule has 27 heavy (non-hydrogen) atoms. The quantitative estimate of drug-likeness (QED) is 0.763. The first-order chi connectivity index (χ1) is 13.3. The Morgan fingerprint density at radius 1 is 1.07 bits per heavy atom. The van der Waals surface area contributed by atoms with E-state index in [1.54, 1.807) is 0 Å². The molecule has 0 spiro atoms. The Morgan fingerprint density at radius 3 is 2.56 bits per heavy atom. The van der Waals surface area contributed by atoms with Crippen LogP contribution in [0.25, 0.3) is 6.08 Å². The van der Waals surface area contributed by atoms with Crippen LogP contribution in [0.1, 0.15) is 36.8 Å². The topological polar surface area (TPSA) is 50.7 Å². The van der Waals surface area contributed by atoms with Gasteiger partial charge in [-0.2, -0.15) is 0 Å². The minimum atomic E-state index is -0.0684. The lowest BCUT2D eigenvalue weighted by Gasteiger charge is -2.06. The second-order valence-corrected chi connectivity index (χ2v) is 7.81. The van der Waals surface area contributed by atoms with Gasteiger partial charge in [-0.15, -0.1) is 0 Å². The lowest BCUT2D eigenvalue weighted by atomic mass is 10.2. The minimum absolute atomic E-state index is 0.0684. The number of thioether (sulfide) groups is 1. The number of ether oxygens (including phenoxy) is 1. The fourth-order valence-corrected chi connectivity index (χ4v) is 4.13. The smallest absolute Gasteiger partial charge is 0.264 e. The second kappa shape index (κ2) is 8.44. The fraction of sp³-hybridized carbons (Fsp3) is 0.273. The maximum atomic E-state index is 12.2. The molecule has 1 amide bonds. The van der Waals surface area contributed by atoms with Crippen molar-refractivity contribution in [2.24, 2.45) is 4.99 Å². The Labute approximate surface area is 163 Å². The van der Waals surface area contributed by atoms with Crippen LogP contribution in [0.2, 0.25) is 0 Å². The van der Waals surface area contributed by atoms with Gasteiger partial charge in [-0.05, 0) is 53.9 Å². The van der Waals surface area contributed by atoms with E-state index in [0.717, 1.165) is 34.9 Å². The Morgan fingerprint density at radius 2 is 1.81 bits per heavy atom. The summed E-state index contributed by atoms with van der Waals surface area (Å²) in [4.78, 5) is 17.5. The third-order valence-corrected chi connectivity index (χ3v) is 5.63. The van der Waals surface area contributed by atoms with Gasteiger partial charge in [-0.25, -0.2) is 0 Å². The molecule has 5 heteroatoms. The van der Waals surface area contributed by atoms with Gasteiger partial charge in [0.05, 0.1) is 10.9 Å². The number of hydrogen-bond donors (Lipinski definition) is 1. The summed E-state index contributed by atoms with van der Waals surface area (Å²) < 4.78 is 5.81. The molecule has 2 fully saturated rings. The Hall–Kier alpha value is -2.53. The number of benzene rings is 2. The highest BCUT2D eigenvalue weighted by Crippen LogP contribution is 2.29. The summed E-state index contributed by atoms with van der Waals surface area (Å²) in [6, 6.07) is 18.2. The maximum absolute atomic E-state index is 12.2. The molecule has 0 radical (unpaired) electrons. The molecule has 0 atom stereocenters. The molecule has 0 bridgehead atoms. The molecule has 2 aliphatic rings. The first-order valence-corrected chi connectivity index (χ1v) is 10.1. The molecule has 0 unspecified atom stereocenters. The molecule has 2 aromatic carbocycles. The minimum Gasteiger partial charge on any atom is -0.489 e. The lowest BCUT2D eigenvalue weighted by Crippen LogP contribution is -2.21. The van der Waals surface area contributed by atoms with Crippen molar-refractivity contribution >= 4 is 28.9 Å². The molecule has 1 aliphatic carbocycles. The predicted octanol–water partition coefficient (Wildman–Crippen LogP) is 4.77. The van der Waals surface area contributed by atoms with Crippen LogP contribution in [-0.2, 0) is 11.4 Å². The monoisotopic (exact) mass is 378 g/mol. The van der Waals surface area contributed by atoms with E-state index in [0.29, 0.717) is 17.6 Å². The largest absolute Gasteiger partial charge is 0.489 e. The van der Waals surface area contributed by atoms with Gasteiger partial charge in [-0.3, -0.25) is 9.79 Å². The van der Waals surface area contributed by atoms with Crippen LogP contribution in [0.15, 0.2) is 64.5 Å². The van der Waals surface area contributed by atoms with Crippen LogP contribution in [0.4, 0.5) is 0 Å². The molecule has 1 saturated carbocycles. The van der Waals surface area contributed by atoms with Crippen molar-refractivity contribution < 1.29 is 9.53 Å². The molecule has 1 heterocycles. The van der Waals surface area contributed by atoms with Crippen molar-refractivity contribution in [1.29, 1.82) is 0 Å². The molecule has 138 valence electrons. The number of nitrogens with zero attached hydrogens (tertiary/aromatic N) is 1. The van der Waals surface area contributed by atoms with E-state index in [2.05, 4.69) is 10.3 Å². The Balaban J connectivity index is 1.38. The van der Waals surface area contributed by atoms with Gasteiger partial charge in [0.2, 0.25) is 0 Å². The zero-order valence-corrected chi connectivity index (χ0v) is 15.9. The van der Waals surface area contributed by atoms with Gasteiger partial charge in [0.15, 0.2) is 5.17 Å². The van der Waals surface area contributed by atoms with Crippen LogP contribution in [0.5, 0.6) is 5.75 Å². The molecule has 2 aromatic rings. The highest BCUT2D eigenvalue weighted by atomic mass is 32.2. The van der Waals surface area contributed by atoms with Crippen molar-refractivity contribution in [1.82, 2.24) is 5.32 Å². The summed E-state index contributed by atoms with van der Waals surface area (Å²) >= 11 is 1.43. The van der Waals surface area contributed by atoms with Crippen LogP contribution in [-0.4, -0.2) is 17.1 Å². The van der Waals surface area contributed by atoms with Crippen molar-refractivity contribution in [2.75, 3.05) is 0 Å². The van der Waals surface area contributed by atoms with Gasteiger partial charge in [0.1, 0.15) is 12.4 Å². The zero-order valence-electron chi connectivity index (χ0n) is 15.1. The highest BCUT2D eigenvalue weighted by molar-refractivity contribution is 8.18. The third kappa shape index (κ3) is 4.80. The van der Waals surface area contributed by atoms with E-state index in [1.807, 2.05) is 60.7 Å². The summed E-state index contributed by atoms with van der Waals surface area (Å²) in [6.07, 6.45) is 6.63. The lowest BCUT2D eigenvalue weighted by molar-refractivity contribution is -0.115. The van der Waals surface area contributed by atoms with Crippen LogP contribution >= 0.6 is 11.8 Å². The Bertz CT molecular complexity index is 854. The van der Waals surface area contributed by atoms with Gasteiger partial charge in [0, 0.05) is 0 Å². The van der Waals surface area contributed by atoms with Crippen molar-refractivity contribution in [3.63, 3.8) is 0 Å². The SMILES string of the molecule is O=C1NC(=NC2CCCC2)S/C1=C\c1ccc(OCc2ccccc2)cc1. The molecule has 1 aliphatic heterocycles. The van der Waals surface area contributed by atoms with Gasteiger partial charge >= 0.3 is 0 Å². The normalized spacial score (nSPS) is 20.4. The molecule has 1 N–H and O–H groups in total. The third-order valence-electron chi connectivity index (χ3n) is 4.70. The number of carbonyl (C=O) groups excluding carboxylic acids is 1. The number of aliphatic imine (C=N–C) groups is 1. The van der Waals surface area contributed by atoms with E-state index < -0.39 is 0 Å². The van der Waals surface area contributed by atoms with E-state index in [-0.39, 0.29) is 5.91 Å². The summed E-state index contributed by atoms with van der Waals surface area (Å²) in [6.45, 7) is 0.542. The van der Waals surface area contributed by atoms with E-state index >= 15 is 0 Å². The zero-order chi connectivity index (χ0) is 18.5. The van der Waals surface area contributed by atoms with Crippen LogP contribution in [0.3, 0.4) is 0 Å². The summed E-state index contributed by atoms with van der Waals surface area (Å²) in [5.74, 6) is 0.745. The average Bonchev–Trinajstić information content (AvgIpc) is 3.32. The molecular weight excluding hydrogens is 356 g/mol. The number of nitrogens with one attached hydrogen (secondary N) is 1. The summed E-state index contributed by atoms with van der Waals surface area (Å²) in [5.41, 5.74) is 2.11. The molecule has 1 saturated heterocycles. The fourth-order valence-electron chi connectivity index (χ4n) is 3.24. The van der Waals surface area contributed by atoms with Gasteiger partial charge < -0.3 is 10.1 Å². The first-order valence-electron chi connectivity index (χ1n) is 9.32. The number of hydrogen-bond acceptors (Lipinski definition) is 4. The van der Waals surface area contributed by atoms with Crippen molar-refractivity contribution in [3.8, 4) is 5.75 Å². The highest BCUT2D eigenvalue weighted by Gasteiger charge is 2.25. The van der Waals surface area contributed by atoms with E-state index in [4.69, 9.17) is 4.74 Å². The summed E-state index contributed by atoms with van der Waals surface area (Å²) in [7, 11) is 0. The number of carbonyl (C=O) groups is 1. The number of rotatable bonds is 5. The van der Waals surface area contributed by atoms with Crippen LogP contribution < -0.4 is 10.1 Å². The van der Waals surface area contributed by atoms with Crippen molar-refractivity contribution in [2.45, 2.75) is 38.3 Å². The Kier molecular flexibility index (Phi) is 5.58. The molecular formula is C22H22N2O2S. The molecule has 4 nitrogen and oxygen atoms in total. The molecule has 4 rings (SSSR count).